The average Bonchev–Trinajstić information content (AvgIpc) is 2.96. The number of nitrogens with zero attached hydrogens (tertiary/aromatic N) is 3. The van der Waals surface area contributed by atoms with Gasteiger partial charge in [-0.2, -0.15) is 9.36 Å². The maximum atomic E-state index is 11.4. The van der Waals surface area contributed by atoms with Gasteiger partial charge in [0.25, 0.3) is 10.4 Å². The number of carbonyl (C=O) groups is 1. The second-order valence-corrected chi connectivity index (χ2v) is 5.16. The minimum absolute atomic E-state index is 0.116. The van der Waals surface area contributed by atoms with Crippen molar-refractivity contribution in [1.29, 1.82) is 0 Å². The molecule has 96 valence electrons. The lowest BCUT2D eigenvalue weighted by Crippen LogP contribution is -2.16. The van der Waals surface area contributed by atoms with E-state index in [1.165, 1.54) is 4.90 Å². The minimum Gasteiger partial charge on any atom is -0.472 e. The third-order valence-electron chi connectivity index (χ3n) is 1.87. The Morgan fingerprint density at radius 2 is 2.44 bits per heavy atom. The summed E-state index contributed by atoms with van der Waals surface area (Å²) >= 11 is 2.09. The summed E-state index contributed by atoms with van der Waals surface area (Å²) in [5.74, 6) is 0. The van der Waals surface area contributed by atoms with Crippen LogP contribution in [0.25, 0.3) is 0 Å². The number of hydrogen-bond donors (Lipinski definition) is 0. The molecule has 0 atom stereocenters. The summed E-state index contributed by atoms with van der Waals surface area (Å²) in [6.45, 7) is 0.372. The van der Waals surface area contributed by atoms with Gasteiger partial charge < -0.3 is 14.1 Å². The Morgan fingerprint density at radius 1 is 1.61 bits per heavy atom. The molecule has 0 aliphatic carbocycles. The number of thioether (sulfide) groups is 1. The first-order valence-corrected chi connectivity index (χ1v) is 6.61. The van der Waals surface area contributed by atoms with Gasteiger partial charge in [0.05, 0.1) is 12.5 Å². The smallest absolute Gasteiger partial charge is 0.294 e. The molecule has 0 aliphatic rings. The standard InChI is InChI=1S/C10H11N3O3S2/c1-13(2)10(14)17-8-11-9(18-12-8)16-6-7-3-4-15-5-7/h3-5H,6H2,1-2H3. The fourth-order valence-electron chi connectivity index (χ4n) is 0.986. The van der Waals surface area contributed by atoms with E-state index in [1.807, 2.05) is 6.07 Å². The summed E-state index contributed by atoms with van der Waals surface area (Å²) in [5.41, 5.74) is 0.920. The highest BCUT2D eigenvalue weighted by atomic mass is 32.2. The molecular formula is C10H11N3O3S2. The molecule has 0 N–H and O–H groups in total. The van der Waals surface area contributed by atoms with Gasteiger partial charge in [-0.3, -0.25) is 4.79 Å². The second-order valence-electron chi connectivity index (χ2n) is 3.53. The summed E-state index contributed by atoms with van der Waals surface area (Å²) in [4.78, 5) is 17.0. The third kappa shape index (κ3) is 3.47. The molecule has 18 heavy (non-hydrogen) atoms. The predicted molar refractivity (Wildman–Crippen MR) is 67.9 cm³/mol. The summed E-state index contributed by atoms with van der Waals surface area (Å²) in [6, 6.07) is 1.81. The van der Waals surface area contributed by atoms with Gasteiger partial charge in [0.15, 0.2) is 0 Å². The van der Waals surface area contributed by atoms with Crippen LogP contribution in [0, 0.1) is 0 Å². The number of furan rings is 1. The second kappa shape index (κ2) is 5.87. The van der Waals surface area contributed by atoms with Crippen LogP contribution in [0.4, 0.5) is 4.79 Å². The first-order valence-electron chi connectivity index (χ1n) is 5.02. The van der Waals surface area contributed by atoms with E-state index in [-0.39, 0.29) is 5.24 Å². The normalized spacial score (nSPS) is 10.3. The van der Waals surface area contributed by atoms with Gasteiger partial charge in [-0.1, -0.05) is 0 Å². The third-order valence-corrected chi connectivity index (χ3v) is 3.52. The van der Waals surface area contributed by atoms with Gasteiger partial charge >= 0.3 is 0 Å². The zero-order valence-electron chi connectivity index (χ0n) is 9.82. The highest BCUT2D eigenvalue weighted by Crippen LogP contribution is 2.23. The van der Waals surface area contributed by atoms with Crippen molar-refractivity contribution in [2.24, 2.45) is 0 Å². The number of amides is 1. The molecule has 0 unspecified atom stereocenters. The van der Waals surface area contributed by atoms with Crippen LogP contribution in [0.15, 0.2) is 28.2 Å². The first-order chi connectivity index (χ1) is 8.65. The van der Waals surface area contributed by atoms with E-state index in [9.17, 15) is 4.79 Å². The zero-order valence-corrected chi connectivity index (χ0v) is 11.5. The molecular weight excluding hydrogens is 274 g/mol. The van der Waals surface area contributed by atoms with Gasteiger partial charge in [0, 0.05) is 43.0 Å². The Hall–Kier alpha value is -1.54. The van der Waals surface area contributed by atoms with Crippen molar-refractivity contribution in [3.63, 3.8) is 0 Å². The van der Waals surface area contributed by atoms with Crippen molar-refractivity contribution < 1.29 is 13.9 Å². The molecule has 0 bridgehead atoms. The number of aromatic nitrogens is 2. The molecule has 8 heteroatoms. The minimum atomic E-state index is -0.116. The fourth-order valence-corrected chi connectivity index (χ4v) is 2.21. The molecule has 0 saturated carbocycles. The molecule has 0 spiro atoms. The Labute approximate surface area is 112 Å². The Kier molecular flexibility index (Phi) is 4.21. The summed E-state index contributed by atoms with van der Waals surface area (Å²) in [5, 5.41) is 0.723. The number of ether oxygens (including phenoxy) is 1. The molecule has 6 nitrogen and oxygen atoms in total. The Bertz CT molecular complexity index is 510. The monoisotopic (exact) mass is 285 g/mol. The van der Waals surface area contributed by atoms with Gasteiger partial charge in [0.1, 0.15) is 6.61 Å². The Morgan fingerprint density at radius 3 is 3.11 bits per heavy atom. The quantitative estimate of drug-likeness (QED) is 0.804. The average molecular weight is 285 g/mol. The van der Waals surface area contributed by atoms with Crippen molar-refractivity contribution >= 4 is 28.5 Å². The summed E-state index contributed by atoms with van der Waals surface area (Å²) in [6.07, 6.45) is 3.18. The van der Waals surface area contributed by atoms with Crippen molar-refractivity contribution in [3.8, 4) is 5.19 Å². The van der Waals surface area contributed by atoms with Crippen molar-refractivity contribution in [3.05, 3.63) is 24.2 Å². The van der Waals surface area contributed by atoms with E-state index < -0.39 is 0 Å². The Balaban J connectivity index is 1.88. The van der Waals surface area contributed by atoms with Crippen molar-refractivity contribution in [1.82, 2.24) is 14.3 Å². The predicted octanol–water partition coefficient (Wildman–Crippen LogP) is 2.48. The van der Waals surface area contributed by atoms with Crippen molar-refractivity contribution in [2.75, 3.05) is 14.1 Å². The van der Waals surface area contributed by atoms with Crippen LogP contribution in [0.3, 0.4) is 0 Å². The van der Waals surface area contributed by atoms with Crippen LogP contribution in [0.5, 0.6) is 5.19 Å². The fraction of sp³-hybridized carbons (Fsp3) is 0.300. The van der Waals surface area contributed by atoms with E-state index in [4.69, 9.17) is 9.15 Å². The van der Waals surface area contributed by atoms with Crippen LogP contribution >= 0.6 is 23.3 Å². The highest BCUT2D eigenvalue weighted by molar-refractivity contribution is 8.13. The van der Waals surface area contributed by atoms with Crippen LogP contribution in [0.1, 0.15) is 5.56 Å². The van der Waals surface area contributed by atoms with E-state index in [0.717, 1.165) is 28.9 Å². The van der Waals surface area contributed by atoms with Gasteiger partial charge in [0.2, 0.25) is 5.16 Å². The molecule has 0 radical (unpaired) electrons. The van der Waals surface area contributed by atoms with Gasteiger partial charge in [-0.25, -0.2) is 0 Å². The summed E-state index contributed by atoms with van der Waals surface area (Å²) in [7, 11) is 3.36. The maximum Gasteiger partial charge on any atom is 0.294 e. The first kappa shape index (κ1) is 12.9. The molecule has 0 aromatic carbocycles. The molecule has 0 saturated heterocycles. The van der Waals surface area contributed by atoms with E-state index in [2.05, 4.69) is 9.36 Å². The van der Waals surface area contributed by atoms with E-state index in [1.54, 1.807) is 26.6 Å². The van der Waals surface area contributed by atoms with Gasteiger partial charge in [-0.05, 0) is 6.07 Å². The molecule has 2 heterocycles. The van der Waals surface area contributed by atoms with Crippen LogP contribution in [-0.2, 0) is 6.61 Å². The molecule has 1 amide bonds. The van der Waals surface area contributed by atoms with Crippen molar-refractivity contribution in [2.45, 2.75) is 11.8 Å². The topological polar surface area (TPSA) is 68.5 Å². The van der Waals surface area contributed by atoms with Crippen LogP contribution in [-0.4, -0.2) is 33.6 Å². The van der Waals surface area contributed by atoms with Crippen LogP contribution < -0.4 is 4.74 Å². The molecule has 0 aliphatic heterocycles. The van der Waals surface area contributed by atoms with E-state index >= 15 is 0 Å². The highest BCUT2D eigenvalue weighted by Gasteiger charge is 2.12. The lowest BCUT2D eigenvalue weighted by Gasteiger charge is -2.06. The number of rotatable bonds is 4. The molecule has 0 fully saturated rings. The largest absolute Gasteiger partial charge is 0.472 e. The molecule has 2 aromatic heterocycles. The SMILES string of the molecule is CN(C)C(=O)Sc1nsc(OCc2ccoc2)n1. The lowest BCUT2D eigenvalue weighted by molar-refractivity contribution is 0.241. The zero-order chi connectivity index (χ0) is 13.0. The molecule has 2 rings (SSSR count). The number of carbonyl (C=O) groups excluding carboxylic acids is 1. The summed E-state index contributed by atoms with van der Waals surface area (Å²) < 4.78 is 14.4. The van der Waals surface area contributed by atoms with Gasteiger partial charge in [-0.15, -0.1) is 0 Å². The molecule has 2 aromatic rings. The van der Waals surface area contributed by atoms with E-state index in [0.29, 0.717) is 17.0 Å². The number of hydrogen-bond acceptors (Lipinski definition) is 7. The van der Waals surface area contributed by atoms with Crippen LogP contribution in [0.2, 0.25) is 0 Å². The maximum absolute atomic E-state index is 11.4. The lowest BCUT2D eigenvalue weighted by atomic mass is 10.4.